The summed E-state index contributed by atoms with van der Waals surface area (Å²) in [5, 5.41) is 0. The molecule has 0 bridgehead atoms. The van der Waals surface area contributed by atoms with Crippen molar-refractivity contribution in [2.24, 2.45) is 0 Å². The highest BCUT2D eigenvalue weighted by Gasteiger charge is 2.24. The first-order valence-corrected chi connectivity index (χ1v) is 8.10. The first kappa shape index (κ1) is 20.1. The molecule has 0 atom stereocenters. The van der Waals surface area contributed by atoms with Gasteiger partial charge >= 0.3 is 5.97 Å². The molecule has 0 heterocycles. The predicted molar refractivity (Wildman–Crippen MR) is 92.0 cm³/mol. The highest BCUT2D eigenvalue weighted by atomic mass is 79.9. The number of benzene rings is 1. The third kappa shape index (κ3) is 4.53. The lowest BCUT2D eigenvalue weighted by molar-refractivity contribution is -0.143. The summed E-state index contributed by atoms with van der Waals surface area (Å²) >= 11 is 3.37. The maximum atomic E-state index is 12.7. The molecule has 0 fully saturated rings. The molecule has 134 valence electrons. The number of hydrogen-bond acceptors (Lipinski definition) is 6. The molecule has 1 amide bonds. The lowest BCUT2D eigenvalue weighted by Gasteiger charge is -2.20. The van der Waals surface area contributed by atoms with E-state index in [1.807, 2.05) is 0 Å². The van der Waals surface area contributed by atoms with Crippen molar-refractivity contribution in [2.75, 3.05) is 41.5 Å². The van der Waals surface area contributed by atoms with Crippen LogP contribution in [0.3, 0.4) is 0 Å². The van der Waals surface area contributed by atoms with Crippen LogP contribution in [0.4, 0.5) is 0 Å². The smallest absolute Gasteiger partial charge is 0.307 e. The Morgan fingerprint density at radius 3 is 2.25 bits per heavy atom. The molecule has 0 aromatic heterocycles. The van der Waals surface area contributed by atoms with E-state index < -0.39 is 0 Å². The zero-order valence-corrected chi connectivity index (χ0v) is 16.1. The van der Waals surface area contributed by atoms with Gasteiger partial charge in [0.05, 0.1) is 44.4 Å². The fraction of sp³-hybridized carbons (Fsp3) is 0.500. The molecule has 0 radical (unpaired) electrons. The molecule has 0 aliphatic heterocycles. The number of nitrogens with zero attached hydrogens (tertiary/aromatic N) is 1. The van der Waals surface area contributed by atoms with E-state index in [9.17, 15) is 9.59 Å². The highest BCUT2D eigenvalue weighted by Crippen LogP contribution is 2.44. The fourth-order valence-electron chi connectivity index (χ4n) is 2.08. The Bertz CT molecular complexity index is 605. The summed E-state index contributed by atoms with van der Waals surface area (Å²) < 4.78 is 21.2. The second kappa shape index (κ2) is 9.36. The van der Waals surface area contributed by atoms with E-state index in [1.54, 1.807) is 20.0 Å². The van der Waals surface area contributed by atoms with E-state index in [1.165, 1.54) is 26.2 Å². The highest BCUT2D eigenvalue weighted by molar-refractivity contribution is 9.10. The van der Waals surface area contributed by atoms with Crippen LogP contribution in [0, 0.1) is 0 Å². The van der Waals surface area contributed by atoms with Crippen LogP contribution in [0.5, 0.6) is 17.2 Å². The normalized spacial score (nSPS) is 10.1. The Labute approximate surface area is 149 Å². The average molecular weight is 404 g/mol. The third-order valence-electron chi connectivity index (χ3n) is 3.30. The Kier molecular flexibility index (Phi) is 7.84. The SMILES string of the molecule is CCOC(=O)CCN(C)C(=O)c1cc(OC)c(OC)c(OC)c1Br. The first-order valence-electron chi connectivity index (χ1n) is 7.30. The van der Waals surface area contributed by atoms with Crippen molar-refractivity contribution in [3.05, 3.63) is 16.1 Å². The summed E-state index contributed by atoms with van der Waals surface area (Å²) in [4.78, 5) is 25.5. The molecule has 0 saturated heterocycles. The van der Waals surface area contributed by atoms with Crippen LogP contribution in [0.15, 0.2) is 10.5 Å². The van der Waals surface area contributed by atoms with E-state index >= 15 is 0 Å². The first-order chi connectivity index (χ1) is 11.4. The molecule has 7 nitrogen and oxygen atoms in total. The van der Waals surface area contributed by atoms with Crippen molar-refractivity contribution in [1.82, 2.24) is 4.90 Å². The van der Waals surface area contributed by atoms with Gasteiger partial charge in [-0.1, -0.05) is 0 Å². The van der Waals surface area contributed by atoms with Crippen molar-refractivity contribution >= 4 is 27.8 Å². The standard InChI is InChI=1S/C16H22BrNO6/c1-6-24-12(19)7-8-18(2)16(20)10-9-11(21-3)14(22-4)15(23-5)13(10)17/h9H,6-8H2,1-5H3. The van der Waals surface area contributed by atoms with Crippen molar-refractivity contribution in [3.8, 4) is 17.2 Å². The van der Waals surface area contributed by atoms with Crippen LogP contribution < -0.4 is 14.2 Å². The molecule has 1 aromatic rings. The summed E-state index contributed by atoms with van der Waals surface area (Å²) in [6.07, 6.45) is 0.123. The summed E-state index contributed by atoms with van der Waals surface area (Å²) in [6.45, 7) is 2.29. The molecule has 1 rings (SSSR count). The Balaban J connectivity index is 3.07. The number of carbonyl (C=O) groups is 2. The number of rotatable bonds is 8. The van der Waals surface area contributed by atoms with Gasteiger partial charge in [-0.25, -0.2) is 0 Å². The van der Waals surface area contributed by atoms with E-state index in [0.717, 1.165) is 0 Å². The zero-order valence-electron chi connectivity index (χ0n) is 14.5. The molecule has 0 N–H and O–H groups in total. The van der Waals surface area contributed by atoms with Gasteiger partial charge in [0.25, 0.3) is 5.91 Å². The van der Waals surface area contributed by atoms with Gasteiger partial charge in [0, 0.05) is 13.6 Å². The molecule has 24 heavy (non-hydrogen) atoms. The zero-order chi connectivity index (χ0) is 18.3. The van der Waals surface area contributed by atoms with E-state index in [0.29, 0.717) is 33.9 Å². The lowest BCUT2D eigenvalue weighted by atomic mass is 10.1. The van der Waals surface area contributed by atoms with Crippen LogP contribution in [0.25, 0.3) is 0 Å². The number of carbonyl (C=O) groups excluding carboxylic acids is 2. The minimum Gasteiger partial charge on any atom is -0.493 e. The van der Waals surface area contributed by atoms with Gasteiger partial charge in [0.1, 0.15) is 0 Å². The molecule has 0 aliphatic carbocycles. The number of amides is 1. The van der Waals surface area contributed by atoms with Crippen molar-refractivity contribution in [2.45, 2.75) is 13.3 Å². The Morgan fingerprint density at radius 2 is 1.75 bits per heavy atom. The molecule has 8 heteroatoms. The van der Waals surface area contributed by atoms with Crippen LogP contribution >= 0.6 is 15.9 Å². The van der Waals surface area contributed by atoms with Crippen LogP contribution in [-0.2, 0) is 9.53 Å². The quantitative estimate of drug-likeness (QED) is 0.620. The third-order valence-corrected chi connectivity index (χ3v) is 4.09. The van der Waals surface area contributed by atoms with E-state index in [4.69, 9.17) is 18.9 Å². The number of halogens is 1. The maximum Gasteiger partial charge on any atom is 0.307 e. The van der Waals surface area contributed by atoms with Gasteiger partial charge in [-0.2, -0.15) is 0 Å². The molecule has 0 saturated carbocycles. The maximum absolute atomic E-state index is 12.7. The Morgan fingerprint density at radius 1 is 1.12 bits per heavy atom. The van der Waals surface area contributed by atoms with Crippen LogP contribution in [0.2, 0.25) is 0 Å². The monoisotopic (exact) mass is 403 g/mol. The topological polar surface area (TPSA) is 74.3 Å². The van der Waals surface area contributed by atoms with Crippen molar-refractivity contribution in [1.29, 1.82) is 0 Å². The summed E-state index contributed by atoms with van der Waals surface area (Å²) in [6, 6.07) is 1.56. The van der Waals surface area contributed by atoms with Gasteiger partial charge < -0.3 is 23.8 Å². The van der Waals surface area contributed by atoms with E-state index in [2.05, 4.69) is 15.9 Å². The van der Waals surface area contributed by atoms with Gasteiger partial charge in [-0.05, 0) is 28.9 Å². The summed E-state index contributed by atoms with van der Waals surface area (Å²) in [5.41, 5.74) is 0.343. The van der Waals surface area contributed by atoms with Crippen molar-refractivity contribution in [3.63, 3.8) is 0 Å². The van der Waals surface area contributed by atoms with Gasteiger partial charge in [-0.15, -0.1) is 0 Å². The molecule has 1 aromatic carbocycles. The average Bonchev–Trinajstić information content (AvgIpc) is 2.58. The van der Waals surface area contributed by atoms with Crippen molar-refractivity contribution < 1.29 is 28.5 Å². The summed E-state index contributed by atoms with van der Waals surface area (Å²) in [7, 11) is 6.04. The van der Waals surface area contributed by atoms with E-state index in [-0.39, 0.29) is 24.8 Å². The van der Waals surface area contributed by atoms with Gasteiger partial charge in [-0.3, -0.25) is 9.59 Å². The largest absolute Gasteiger partial charge is 0.493 e. The second-order valence-electron chi connectivity index (χ2n) is 4.79. The molecule has 0 unspecified atom stereocenters. The molecule has 0 aliphatic rings. The summed E-state index contributed by atoms with van der Waals surface area (Å²) in [5.74, 6) is 0.489. The number of hydrogen-bond donors (Lipinski definition) is 0. The minimum atomic E-state index is -0.346. The Hall–Kier alpha value is -1.96. The number of esters is 1. The number of methoxy groups -OCH3 is 3. The van der Waals surface area contributed by atoms with Gasteiger partial charge in [0.2, 0.25) is 5.75 Å². The lowest BCUT2D eigenvalue weighted by Crippen LogP contribution is -2.29. The predicted octanol–water partition coefficient (Wildman–Crippen LogP) is 2.50. The van der Waals surface area contributed by atoms with Crippen LogP contribution in [-0.4, -0.2) is 58.3 Å². The van der Waals surface area contributed by atoms with Gasteiger partial charge in [0.15, 0.2) is 11.5 Å². The minimum absolute atomic E-state index is 0.123. The molecule has 0 spiro atoms. The molecular weight excluding hydrogens is 382 g/mol. The molecular formula is C16H22BrNO6. The fourth-order valence-corrected chi connectivity index (χ4v) is 2.70. The van der Waals surface area contributed by atoms with Crippen LogP contribution in [0.1, 0.15) is 23.7 Å². The second-order valence-corrected chi connectivity index (χ2v) is 5.58. The number of ether oxygens (including phenoxy) is 4.